The minimum atomic E-state index is -4.55. The van der Waals surface area contributed by atoms with Gasteiger partial charge in [-0.25, -0.2) is 22.0 Å². The van der Waals surface area contributed by atoms with Crippen molar-refractivity contribution >= 4 is 0 Å². The number of rotatable bonds is 5. The molecule has 0 heterocycles. The number of benzene rings is 3. The van der Waals surface area contributed by atoms with Crippen molar-refractivity contribution in [2.45, 2.75) is 38.0 Å². The van der Waals surface area contributed by atoms with E-state index in [0.29, 0.717) is 48.2 Å². The van der Waals surface area contributed by atoms with Crippen LogP contribution in [0.3, 0.4) is 0 Å². The Hall–Kier alpha value is -3.29. The van der Waals surface area contributed by atoms with E-state index < -0.39 is 58.3 Å². The molecule has 8 heteroatoms. The Balaban J connectivity index is 1.61. The number of halogens is 7. The van der Waals surface area contributed by atoms with Crippen molar-refractivity contribution in [1.29, 1.82) is 0 Å². The lowest BCUT2D eigenvalue weighted by atomic mass is 9.87. The van der Waals surface area contributed by atoms with Crippen LogP contribution in [-0.2, 0) is 6.11 Å². The van der Waals surface area contributed by atoms with Crippen LogP contribution < -0.4 is 4.74 Å². The van der Waals surface area contributed by atoms with E-state index in [2.05, 4.69) is 4.74 Å². The highest BCUT2D eigenvalue weighted by atomic mass is 19.3. The van der Waals surface area contributed by atoms with Gasteiger partial charge >= 0.3 is 6.11 Å². The van der Waals surface area contributed by atoms with Gasteiger partial charge < -0.3 is 4.74 Å². The van der Waals surface area contributed by atoms with Crippen molar-refractivity contribution in [2.24, 2.45) is 0 Å². The van der Waals surface area contributed by atoms with E-state index in [1.54, 1.807) is 18.2 Å². The van der Waals surface area contributed by atoms with Crippen molar-refractivity contribution in [3.05, 3.63) is 101 Å². The highest BCUT2D eigenvalue weighted by molar-refractivity contribution is 5.65. The molecule has 0 radical (unpaired) electrons. The normalized spacial score (nSPS) is 18.2. The van der Waals surface area contributed by atoms with Gasteiger partial charge in [0.15, 0.2) is 0 Å². The number of hydrogen-bond acceptors (Lipinski definition) is 1. The molecule has 1 aliphatic carbocycles. The number of alkyl halides is 3. The van der Waals surface area contributed by atoms with Crippen molar-refractivity contribution in [2.75, 3.05) is 0 Å². The molecule has 178 valence electrons. The molecule has 2 unspecified atom stereocenters. The van der Waals surface area contributed by atoms with Crippen LogP contribution in [0.15, 0.2) is 60.7 Å². The smallest absolute Gasteiger partial charge is 0.429 e. The maximum Gasteiger partial charge on any atom is 0.432 e. The van der Waals surface area contributed by atoms with E-state index >= 15 is 0 Å². The summed E-state index contributed by atoms with van der Waals surface area (Å²) < 4.78 is 104. The Morgan fingerprint density at radius 1 is 0.824 bits per heavy atom. The van der Waals surface area contributed by atoms with Gasteiger partial charge in [-0.15, -0.1) is 0 Å². The van der Waals surface area contributed by atoms with E-state index in [-0.39, 0.29) is 5.56 Å². The molecule has 1 nitrogen and oxygen atoms in total. The summed E-state index contributed by atoms with van der Waals surface area (Å²) in [6.45, 7) is 1.10. The molecule has 0 saturated heterocycles. The molecule has 0 amide bonds. The molecular formula is C26H19F7O. The summed E-state index contributed by atoms with van der Waals surface area (Å²) in [6, 6.07) is 8.69. The van der Waals surface area contributed by atoms with Gasteiger partial charge in [-0.2, -0.15) is 8.78 Å². The molecule has 0 saturated carbocycles. The molecule has 34 heavy (non-hydrogen) atoms. The maximum atomic E-state index is 14.6. The lowest BCUT2D eigenvalue weighted by Gasteiger charge is -2.22. The Morgan fingerprint density at radius 2 is 1.41 bits per heavy atom. The minimum absolute atomic E-state index is 0.0236. The van der Waals surface area contributed by atoms with Gasteiger partial charge in [0.05, 0.1) is 0 Å². The van der Waals surface area contributed by atoms with Crippen molar-refractivity contribution < 1.29 is 35.5 Å². The lowest BCUT2D eigenvalue weighted by molar-refractivity contribution is -0.189. The topological polar surface area (TPSA) is 9.23 Å². The van der Waals surface area contributed by atoms with Crippen molar-refractivity contribution in [3.63, 3.8) is 0 Å². The predicted octanol–water partition coefficient (Wildman–Crippen LogP) is 8.12. The monoisotopic (exact) mass is 480 g/mol. The molecule has 0 N–H and O–H groups in total. The quantitative estimate of drug-likeness (QED) is 0.265. The van der Waals surface area contributed by atoms with Gasteiger partial charge in [0.2, 0.25) is 0 Å². The molecule has 0 spiro atoms. The third-order valence-electron chi connectivity index (χ3n) is 5.80. The van der Waals surface area contributed by atoms with Crippen LogP contribution in [0.4, 0.5) is 30.7 Å². The maximum absolute atomic E-state index is 14.6. The van der Waals surface area contributed by atoms with Gasteiger partial charge in [0, 0.05) is 23.6 Å². The van der Waals surface area contributed by atoms with E-state index in [9.17, 15) is 30.7 Å². The molecule has 3 aromatic rings. The van der Waals surface area contributed by atoms with Crippen LogP contribution in [0, 0.1) is 30.2 Å². The highest BCUT2D eigenvalue weighted by Gasteiger charge is 2.41. The fourth-order valence-corrected chi connectivity index (χ4v) is 3.91. The van der Waals surface area contributed by atoms with E-state index in [0.717, 1.165) is 6.92 Å². The van der Waals surface area contributed by atoms with E-state index in [1.807, 2.05) is 6.08 Å². The standard InChI is InChI=1S/C26H19F7O/c1-14-21(28)12-18(13-22(14)29)34-26(32,33)25-23(30)10-17(11-24(25)31)15-6-8-16(9-7-15)19-4-2-3-5-20(19)27/h2,4,6-13,19-20H,3,5H2,1H3. The summed E-state index contributed by atoms with van der Waals surface area (Å²) in [5.41, 5.74) is -1.12. The second-order valence-corrected chi connectivity index (χ2v) is 8.11. The SMILES string of the molecule is Cc1c(F)cc(OC(F)(F)c2c(F)cc(-c3ccc(C4C=CCCC4F)cc3)cc2F)cc1F. The van der Waals surface area contributed by atoms with Crippen LogP contribution in [0.25, 0.3) is 11.1 Å². The Bertz CT molecular complexity index is 1190. The molecule has 1 aliphatic rings. The van der Waals surface area contributed by atoms with Gasteiger partial charge in [-0.05, 0) is 48.6 Å². The highest BCUT2D eigenvalue weighted by Crippen LogP contribution is 2.38. The summed E-state index contributed by atoms with van der Waals surface area (Å²) in [7, 11) is 0. The average Bonchev–Trinajstić information content (AvgIpc) is 2.77. The first kappa shape index (κ1) is 23.9. The summed E-state index contributed by atoms with van der Waals surface area (Å²) in [4.78, 5) is 0. The van der Waals surface area contributed by atoms with E-state index in [4.69, 9.17) is 0 Å². The Morgan fingerprint density at radius 3 is 1.97 bits per heavy atom. The minimum Gasteiger partial charge on any atom is -0.429 e. The van der Waals surface area contributed by atoms with Crippen molar-refractivity contribution in [1.82, 2.24) is 0 Å². The van der Waals surface area contributed by atoms with Gasteiger partial charge in [-0.1, -0.05) is 36.4 Å². The molecule has 0 fully saturated rings. The van der Waals surface area contributed by atoms with Crippen LogP contribution in [0.1, 0.15) is 35.4 Å². The largest absolute Gasteiger partial charge is 0.432 e. The first-order valence-corrected chi connectivity index (χ1v) is 10.5. The van der Waals surface area contributed by atoms with Gasteiger partial charge in [0.1, 0.15) is 40.8 Å². The fourth-order valence-electron chi connectivity index (χ4n) is 3.91. The first-order chi connectivity index (χ1) is 16.1. The van der Waals surface area contributed by atoms with Crippen LogP contribution in [-0.4, -0.2) is 6.17 Å². The molecule has 0 aromatic heterocycles. The van der Waals surface area contributed by atoms with Crippen molar-refractivity contribution in [3.8, 4) is 16.9 Å². The Kier molecular flexibility index (Phi) is 6.43. The molecular weight excluding hydrogens is 461 g/mol. The lowest BCUT2D eigenvalue weighted by Crippen LogP contribution is -2.25. The summed E-state index contributed by atoms with van der Waals surface area (Å²) in [6.07, 6.45) is -0.872. The zero-order valence-electron chi connectivity index (χ0n) is 17.9. The summed E-state index contributed by atoms with van der Waals surface area (Å²) in [5, 5.41) is 0. The molecule has 4 rings (SSSR count). The molecule has 0 aliphatic heterocycles. The predicted molar refractivity (Wildman–Crippen MR) is 113 cm³/mol. The number of allylic oxidation sites excluding steroid dienone is 2. The van der Waals surface area contributed by atoms with Crippen LogP contribution >= 0.6 is 0 Å². The van der Waals surface area contributed by atoms with Crippen LogP contribution in [0.2, 0.25) is 0 Å². The second-order valence-electron chi connectivity index (χ2n) is 8.11. The van der Waals surface area contributed by atoms with E-state index in [1.165, 1.54) is 12.1 Å². The number of hydrogen-bond donors (Lipinski definition) is 0. The zero-order valence-corrected chi connectivity index (χ0v) is 17.9. The molecule has 0 bridgehead atoms. The zero-order chi connectivity index (χ0) is 24.6. The van der Waals surface area contributed by atoms with Gasteiger partial charge in [-0.3, -0.25) is 0 Å². The van der Waals surface area contributed by atoms with Crippen LogP contribution in [0.5, 0.6) is 5.75 Å². The molecule has 2 atom stereocenters. The third-order valence-corrected chi connectivity index (χ3v) is 5.80. The van der Waals surface area contributed by atoms with Gasteiger partial charge in [0.25, 0.3) is 0 Å². The fraction of sp³-hybridized carbons (Fsp3) is 0.231. The summed E-state index contributed by atoms with van der Waals surface area (Å²) in [5.74, 6) is -6.84. The summed E-state index contributed by atoms with van der Waals surface area (Å²) >= 11 is 0. The number of ether oxygens (including phenoxy) is 1. The third kappa shape index (κ3) is 4.67. The second kappa shape index (κ2) is 9.16. The Labute approximate surface area is 191 Å². The first-order valence-electron chi connectivity index (χ1n) is 10.5. The average molecular weight is 480 g/mol. The molecule has 3 aromatic carbocycles.